The Bertz CT molecular complexity index is 1480. The zero-order valence-electron chi connectivity index (χ0n) is 29.0. The maximum absolute atomic E-state index is 14.2. The van der Waals surface area contributed by atoms with Gasteiger partial charge in [-0.2, -0.15) is 13.2 Å². The first-order valence-corrected chi connectivity index (χ1v) is 16.9. The van der Waals surface area contributed by atoms with E-state index in [0.717, 1.165) is 29.7 Å². The van der Waals surface area contributed by atoms with Gasteiger partial charge in [-0.3, -0.25) is 9.88 Å². The molecule has 0 aliphatic carbocycles. The molecule has 0 saturated carbocycles. The molecule has 0 aromatic carbocycles. The number of aryl methyl sites for hydroxylation is 1. The van der Waals surface area contributed by atoms with Crippen molar-refractivity contribution in [2.24, 2.45) is 0 Å². The number of aromatic nitrogens is 3. The summed E-state index contributed by atoms with van der Waals surface area (Å²) in [4.78, 5) is 33.3. The molecule has 2 aromatic rings. The number of hydrogen-bond donors (Lipinski definition) is 0. The van der Waals surface area contributed by atoms with Gasteiger partial charge in [-0.05, 0) is 77.5 Å². The van der Waals surface area contributed by atoms with E-state index in [4.69, 9.17) is 19.2 Å². The van der Waals surface area contributed by atoms with E-state index in [2.05, 4.69) is 21.8 Å². The molecular formula is C34H48F3N7O4. The fourth-order valence-electron chi connectivity index (χ4n) is 7.58. The lowest BCUT2D eigenvalue weighted by Gasteiger charge is -2.53. The van der Waals surface area contributed by atoms with E-state index in [1.54, 1.807) is 24.3 Å². The molecule has 48 heavy (non-hydrogen) atoms. The van der Waals surface area contributed by atoms with E-state index in [1.165, 1.54) is 0 Å². The Morgan fingerprint density at radius 1 is 1.02 bits per heavy atom. The number of pyridine rings is 1. The van der Waals surface area contributed by atoms with Gasteiger partial charge in [0.2, 0.25) is 5.82 Å². The number of halogens is 3. The third-order valence-corrected chi connectivity index (χ3v) is 10.4. The fourth-order valence-corrected chi connectivity index (χ4v) is 7.58. The molecule has 6 rings (SSSR count). The van der Waals surface area contributed by atoms with Crippen LogP contribution in [0.25, 0.3) is 0 Å². The Hall–Kier alpha value is -3.23. The topological polar surface area (TPSA) is 96.4 Å². The zero-order valence-corrected chi connectivity index (χ0v) is 29.0. The van der Waals surface area contributed by atoms with Crippen LogP contribution >= 0.6 is 0 Å². The highest BCUT2D eigenvalue weighted by atomic mass is 19.4. The first-order chi connectivity index (χ1) is 22.6. The summed E-state index contributed by atoms with van der Waals surface area (Å²) in [5, 5.41) is 0. The fraction of sp³-hybridized carbons (Fsp3) is 0.706. The molecule has 4 aliphatic rings. The van der Waals surface area contributed by atoms with E-state index in [-0.39, 0.29) is 36.0 Å². The van der Waals surface area contributed by atoms with Crippen molar-refractivity contribution < 1.29 is 32.2 Å². The second-order valence-electron chi connectivity index (χ2n) is 14.7. The Labute approximate surface area is 280 Å². The smallest absolute Gasteiger partial charge is 0.444 e. The first kappa shape index (κ1) is 34.6. The van der Waals surface area contributed by atoms with Gasteiger partial charge < -0.3 is 28.9 Å². The number of alkyl halides is 3. The van der Waals surface area contributed by atoms with Crippen molar-refractivity contribution in [3.63, 3.8) is 0 Å². The number of rotatable bonds is 6. The minimum Gasteiger partial charge on any atom is -0.444 e. The van der Waals surface area contributed by atoms with Gasteiger partial charge in [0, 0.05) is 76.8 Å². The van der Waals surface area contributed by atoms with Gasteiger partial charge in [-0.25, -0.2) is 14.8 Å². The van der Waals surface area contributed by atoms with Crippen LogP contribution < -0.4 is 9.80 Å². The third-order valence-electron chi connectivity index (χ3n) is 10.4. The third kappa shape index (κ3) is 6.67. The van der Waals surface area contributed by atoms with E-state index >= 15 is 0 Å². The quantitative estimate of drug-likeness (QED) is 0.418. The number of carbonyl (C=O) groups excluding carboxylic acids is 1. The van der Waals surface area contributed by atoms with Crippen LogP contribution in [0, 0.1) is 6.92 Å². The van der Waals surface area contributed by atoms with Crippen LogP contribution in [0.3, 0.4) is 0 Å². The van der Waals surface area contributed by atoms with Crippen molar-refractivity contribution in [1.82, 2.24) is 24.8 Å². The largest absolute Gasteiger partial charge is 0.451 e. The Kier molecular flexibility index (Phi) is 9.31. The summed E-state index contributed by atoms with van der Waals surface area (Å²) in [6, 6.07) is 3.74. The van der Waals surface area contributed by atoms with Crippen molar-refractivity contribution in [2.75, 3.05) is 69.4 Å². The van der Waals surface area contributed by atoms with Gasteiger partial charge in [0.15, 0.2) is 5.60 Å². The van der Waals surface area contributed by atoms with Gasteiger partial charge in [0.25, 0.3) is 0 Å². The molecule has 0 spiro atoms. The van der Waals surface area contributed by atoms with E-state index in [1.807, 2.05) is 50.5 Å². The van der Waals surface area contributed by atoms with Gasteiger partial charge >= 0.3 is 12.3 Å². The van der Waals surface area contributed by atoms with Gasteiger partial charge in [0.05, 0.1) is 18.9 Å². The Balaban J connectivity index is 1.16. The minimum absolute atomic E-state index is 0.0550. The Morgan fingerprint density at radius 3 is 2.23 bits per heavy atom. The molecule has 0 bridgehead atoms. The van der Waals surface area contributed by atoms with Crippen LogP contribution in [0.2, 0.25) is 0 Å². The van der Waals surface area contributed by atoms with Crippen molar-refractivity contribution in [3.8, 4) is 0 Å². The van der Waals surface area contributed by atoms with Gasteiger partial charge in [-0.15, -0.1) is 0 Å². The number of nitrogens with zero attached hydrogens (tertiary/aromatic N) is 7. The monoisotopic (exact) mass is 675 g/mol. The highest BCUT2D eigenvalue weighted by molar-refractivity contribution is 5.68. The van der Waals surface area contributed by atoms with Gasteiger partial charge in [0.1, 0.15) is 17.2 Å². The molecule has 4 fully saturated rings. The first-order valence-electron chi connectivity index (χ1n) is 16.9. The SMILES string of the molecule is COC1(c2nccc(C)c2C2CCN(c3cc(N4C[C@@H](N5CCN(C(=O)OC(C)(C)C)CC5)[C@H]4C)nc(C(F)(F)F)n3)[C@H](C)C2)COC1. The van der Waals surface area contributed by atoms with E-state index in [0.29, 0.717) is 58.3 Å². The molecule has 264 valence electrons. The Morgan fingerprint density at radius 2 is 1.69 bits per heavy atom. The summed E-state index contributed by atoms with van der Waals surface area (Å²) in [6.45, 7) is 16.1. The maximum Gasteiger partial charge on any atom is 0.451 e. The molecular weight excluding hydrogens is 627 g/mol. The molecule has 4 atom stereocenters. The second-order valence-corrected chi connectivity index (χ2v) is 14.7. The number of methoxy groups -OCH3 is 1. The lowest BCUT2D eigenvalue weighted by Crippen LogP contribution is -2.68. The van der Waals surface area contributed by atoms with Crippen LogP contribution in [-0.2, 0) is 26.0 Å². The molecule has 1 amide bonds. The maximum atomic E-state index is 14.2. The molecule has 14 heteroatoms. The highest BCUT2D eigenvalue weighted by Gasteiger charge is 2.47. The number of amides is 1. The number of piperidine rings is 1. The summed E-state index contributed by atoms with van der Waals surface area (Å²) in [7, 11) is 1.68. The van der Waals surface area contributed by atoms with E-state index < -0.39 is 23.2 Å². The van der Waals surface area contributed by atoms with E-state index in [9.17, 15) is 18.0 Å². The number of piperazine rings is 1. The van der Waals surface area contributed by atoms with Crippen LogP contribution in [-0.4, -0.2) is 114 Å². The van der Waals surface area contributed by atoms with Crippen LogP contribution in [0.4, 0.5) is 29.6 Å². The summed E-state index contributed by atoms with van der Waals surface area (Å²) < 4.78 is 59.5. The standard InChI is InChI=1S/C34H48F3N7O4/c1-21-8-10-38-29(33(46-7)19-47-20-33)28(21)24-9-11-43(22(2)16-24)26-17-27(40-30(39-26)34(35,36)37)44-18-25(23(44)3)41-12-14-42(15-13-41)31(45)48-32(4,5)6/h8,10,17,22-25H,9,11-16,18-20H2,1-7H3/t22-,23-,24?,25-/m1/s1. The number of anilines is 2. The molecule has 0 radical (unpaired) electrons. The lowest BCUT2D eigenvalue weighted by atomic mass is 9.79. The summed E-state index contributed by atoms with van der Waals surface area (Å²) in [5.41, 5.74) is 2.06. The predicted molar refractivity (Wildman–Crippen MR) is 174 cm³/mol. The normalized spacial score (nSPS) is 26.6. The van der Waals surface area contributed by atoms with Crippen molar-refractivity contribution >= 4 is 17.7 Å². The van der Waals surface area contributed by atoms with Crippen molar-refractivity contribution in [1.29, 1.82) is 0 Å². The summed E-state index contributed by atoms with van der Waals surface area (Å²) in [5.74, 6) is -0.370. The van der Waals surface area contributed by atoms with Crippen molar-refractivity contribution in [3.05, 3.63) is 41.0 Å². The predicted octanol–water partition coefficient (Wildman–Crippen LogP) is 4.97. The van der Waals surface area contributed by atoms with Crippen LogP contribution in [0.1, 0.15) is 76.0 Å². The summed E-state index contributed by atoms with van der Waals surface area (Å²) in [6.07, 6.45) is -1.72. The molecule has 2 aromatic heterocycles. The molecule has 0 N–H and O–H groups in total. The zero-order chi connectivity index (χ0) is 34.6. The second kappa shape index (κ2) is 12.9. The minimum atomic E-state index is -4.68. The molecule has 4 saturated heterocycles. The average Bonchev–Trinajstić information content (AvgIpc) is 2.99. The highest BCUT2D eigenvalue weighted by Crippen LogP contribution is 2.43. The molecule has 11 nitrogen and oxygen atoms in total. The number of hydrogen-bond acceptors (Lipinski definition) is 10. The molecule has 1 unspecified atom stereocenters. The molecule has 4 aliphatic heterocycles. The number of ether oxygens (including phenoxy) is 3. The van der Waals surface area contributed by atoms with Crippen LogP contribution in [0.15, 0.2) is 18.3 Å². The summed E-state index contributed by atoms with van der Waals surface area (Å²) >= 11 is 0. The van der Waals surface area contributed by atoms with Gasteiger partial charge in [-0.1, -0.05) is 0 Å². The lowest BCUT2D eigenvalue weighted by molar-refractivity contribution is -0.205. The van der Waals surface area contributed by atoms with Crippen molar-refractivity contribution in [2.45, 2.75) is 95.8 Å². The molecule has 6 heterocycles. The number of carbonyl (C=O) groups is 1. The van der Waals surface area contributed by atoms with Crippen LogP contribution in [0.5, 0.6) is 0 Å². The average molecular weight is 676 g/mol.